The van der Waals surface area contributed by atoms with Gasteiger partial charge in [0.15, 0.2) is 0 Å². The van der Waals surface area contributed by atoms with E-state index in [1.165, 1.54) is 29.2 Å². The Hall–Kier alpha value is -4.52. The molecule has 1 aromatic heterocycles. The molecule has 0 aliphatic heterocycles. The van der Waals surface area contributed by atoms with Gasteiger partial charge in [-0.1, -0.05) is 48.5 Å². The Bertz CT molecular complexity index is 1470. The van der Waals surface area contributed by atoms with E-state index in [2.05, 4.69) is 45.6 Å². The maximum absolute atomic E-state index is 11.1. The Morgan fingerprint density at radius 1 is 0.853 bits per heavy atom. The molecule has 0 radical (unpaired) electrons. The van der Waals surface area contributed by atoms with E-state index in [9.17, 15) is 10.1 Å². The summed E-state index contributed by atoms with van der Waals surface area (Å²) in [4.78, 5) is 19.1. The molecule has 168 valence electrons. The molecule has 5 aromatic rings. The van der Waals surface area contributed by atoms with Crippen LogP contribution < -0.4 is 10.1 Å². The minimum absolute atomic E-state index is 0.0182. The Labute approximate surface area is 196 Å². The summed E-state index contributed by atoms with van der Waals surface area (Å²) in [5.41, 5.74) is 2.96. The number of nitrogens with one attached hydrogen (secondary N) is 1. The summed E-state index contributed by atoms with van der Waals surface area (Å²) in [6.45, 7) is 1.14. The number of non-ortho nitro benzene ring substituents is 1. The lowest BCUT2D eigenvalue weighted by Crippen LogP contribution is -2.07. The van der Waals surface area contributed by atoms with Crippen molar-refractivity contribution in [3.63, 3.8) is 0 Å². The SMILES string of the molecule is O=[N+]([O-])c1ccc2ncnc(NCCc3ccc(OCc4ccc5ccccc5c4)cc3)c2c1. The molecule has 34 heavy (non-hydrogen) atoms. The molecule has 0 aliphatic carbocycles. The molecule has 7 nitrogen and oxygen atoms in total. The number of nitro benzene ring substituents is 1. The van der Waals surface area contributed by atoms with E-state index in [1.54, 1.807) is 6.07 Å². The number of fused-ring (bicyclic) bond motifs is 2. The van der Waals surface area contributed by atoms with Crippen molar-refractivity contribution in [3.8, 4) is 5.75 Å². The maximum atomic E-state index is 11.1. The van der Waals surface area contributed by atoms with Crippen LogP contribution in [-0.2, 0) is 13.0 Å². The summed E-state index contributed by atoms with van der Waals surface area (Å²) in [5.74, 6) is 1.41. The number of nitrogens with zero attached hydrogens (tertiary/aromatic N) is 3. The van der Waals surface area contributed by atoms with Crippen molar-refractivity contribution in [2.24, 2.45) is 0 Å². The maximum Gasteiger partial charge on any atom is 0.270 e. The molecule has 1 N–H and O–H groups in total. The van der Waals surface area contributed by atoms with Gasteiger partial charge in [-0.25, -0.2) is 9.97 Å². The number of benzene rings is 4. The molecular formula is C27H22N4O3. The third-order valence-electron chi connectivity index (χ3n) is 5.68. The molecular weight excluding hydrogens is 428 g/mol. The van der Waals surface area contributed by atoms with Gasteiger partial charge in [0.2, 0.25) is 0 Å². The van der Waals surface area contributed by atoms with Crippen LogP contribution in [0.25, 0.3) is 21.7 Å². The first-order valence-electron chi connectivity index (χ1n) is 11.0. The second-order valence-corrected chi connectivity index (χ2v) is 7.97. The van der Waals surface area contributed by atoms with Crippen LogP contribution in [0.3, 0.4) is 0 Å². The minimum Gasteiger partial charge on any atom is -0.489 e. The quantitative estimate of drug-likeness (QED) is 0.233. The molecule has 0 amide bonds. The molecule has 0 saturated heterocycles. The van der Waals surface area contributed by atoms with Gasteiger partial charge in [0.05, 0.1) is 10.4 Å². The average Bonchev–Trinajstić information content (AvgIpc) is 2.88. The van der Waals surface area contributed by atoms with Crippen LogP contribution in [0.2, 0.25) is 0 Å². The number of hydrogen-bond donors (Lipinski definition) is 1. The largest absolute Gasteiger partial charge is 0.489 e. The second-order valence-electron chi connectivity index (χ2n) is 7.97. The molecule has 0 saturated carbocycles. The van der Waals surface area contributed by atoms with Crippen molar-refractivity contribution >= 4 is 33.2 Å². The van der Waals surface area contributed by atoms with Crippen LogP contribution in [-0.4, -0.2) is 21.4 Å². The van der Waals surface area contributed by atoms with Gasteiger partial charge in [0.1, 0.15) is 24.5 Å². The Morgan fingerprint density at radius 3 is 2.47 bits per heavy atom. The van der Waals surface area contributed by atoms with Crippen LogP contribution in [0.5, 0.6) is 5.75 Å². The van der Waals surface area contributed by atoms with E-state index in [0.29, 0.717) is 29.9 Å². The van der Waals surface area contributed by atoms with Crippen molar-refractivity contribution in [1.29, 1.82) is 0 Å². The van der Waals surface area contributed by atoms with Gasteiger partial charge in [0.25, 0.3) is 5.69 Å². The fourth-order valence-electron chi connectivity index (χ4n) is 3.87. The first-order chi connectivity index (χ1) is 16.7. The fourth-order valence-corrected chi connectivity index (χ4v) is 3.87. The predicted octanol–water partition coefficient (Wildman–Crippen LogP) is 5.92. The molecule has 0 aliphatic rings. The van der Waals surface area contributed by atoms with Crippen molar-refractivity contribution in [3.05, 3.63) is 112 Å². The second kappa shape index (κ2) is 9.54. The highest BCUT2D eigenvalue weighted by atomic mass is 16.6. The summed E-state index contributed by atoms with van der Waals surface area (Å²) in [6, 6.07) is 27.3. The highest BCUT2D eigenvalue weighted by Crippen LogP contribution is 2.24. The van der Waals surface area contributed by atoms with E-state index in [1.807, 2.05) is 36.4 Å². The lowest BCUT2D eigenvalue weighted by atomic mass is 10.1. The highest BCUT2D eigenvalue weighted by molar-refractivity contribution is 5.90. The fraction of sp³-hybridized carbons (Fsp3) is 0.111. The van der Waals surface area contributed by atoms with Gasteiger partial charge < -0.3 is 10.1 Å². The number of nitro groups is 1. The van der Waals surface area contributed by atoms with Gasteiger partial charge >= 0.3 is 0 Å². The Morgan fingerprint density at radius 2 is 1.65 bits per heavy atom. The highest BCUT2D eigenvalue weighted by Gasteiger charge is 2.10. The molecule has 1 heterocycles. The molecule has 5 rings (SSSR count). The van der Waals surface area contributed by atoms with Crippen molar-refractivity contribution in [1.82, 2.24) is 9.97 Å². The Kier molecular flexibility index (Phi) is 5.99. The van der Waals surface area contributed by atoms with Crippen LogP contribution >= 0.6 is 0 Å². The zero-order valence-corrected chi connectivity index (χ0v) is 18.3. The van der Waals surface area contributed by atoms with E-state index >= 15 is 0 Å². The lowest BCUT2D eigenvalue weighted by Gasteiger charge is -2.10. The van der Waals surface area contributed by atoms with E-state index in [-0.39, 0.29) is 5.69 Å². The predicted molar refractivity (Wildman–Crippen MR) is 133 cm³/mol. The van der Waals surface area contributed by atoms with E-state index in [4.69, 9.17) is 4.74 Å². The third-order valence-corrected chi connectivity index (χ3v) is 5.68. The summed E-state index contributed by atoms with van der Waals surface area (Å²) in [5, 5.41) is 17.4. The summed E-state index contributed by atoms with van der Waals surface area (Å²) < 4.78 is 5.96. The normalized spacial score (nSPS) is 10.9. The van der Waals surface area contributed by atoms with Crippen molar-refractivity contribution < 1.29 is 9.66 Å². The van der Waals surface area contributed by atoms with Gasteiger partial charge in [0, 0.05) is 24.1 Å². The van der Waals surface area contributed by atoms with Crippen LogP contribution in [0, 0.1) is 10.1 Å². The zero-order chi connectivity index (χ0) is 23.3. The van der Waals surface area contributed by atoms with Crippen LogP contribution in [0.4, 0.5) is 11.5 Å². The van der Waals surface area contributed by atoms with Crippen LogP contribution in [0.1, 0.15) is 11.1 Å². The monoisotopic (exact) mass is 450 g/mol. The molecule has 0 spiro atoms. The summed E-state index contributed by atoms with van der Waals surface area (Å²) in [6.07, 6.45) is 2.23. The molecule has 4 aromatic carbocycles. The smallest absolute Gasteiger partial charge is 0.270 e. The van der Waals surface area contributed by atoms with Gasteiger partial charge in [-0.15, -0.1) is 0 Å². The van der Waals surface area contributed by atoms with Gasteiger partial charge in [-0.05, 0) is 52.6 Å². The van der Waals surface area contributed by atoms with Gasteiger partial charge in [-0.2, -0.15) is 0 Å². The standard InChI is InChI=1S/C27H22N4O3/c32-31(33)23-9-12-26-25(16-23)27(30-18-29-26)28-14-13-19-6-10-24(11-7-19)34-17-20-5-8-21-3-1-2-4-22(21)15-20/h1-12,15-16,18H,13-14,17H2,(H,28,29,30). The van der Waals surface area contributed by atoms with Crippen molar-refractivity contribution in [2.75, 3.05) is 11.9 Å². The third kappa shape index (κ3) is 4.78. The van der Waals surface area contributed by atoms with E-state index < -0.39 is 4.92 Å². The van der Waals surface area contributed by atoms with E-state index in [0.717, 1.165) is 23.3 Å². The first-order valence-corrected chi connectivity index (χ1v) is 11.0. The average molecular weight is 450 g/mol. The minimum atomic E-state index is -0.417. The van der Waals surface area contributed by atoms with Gasteiger partial charge in [-0.3, -0.25) is 10.1 Å². The van der Waals surface area contributed by atoms with Crippen molar-refractivity contribution in [2.45, 2.75) is 13.0 Å². The lowest BCUT2D eigenvalue weighted by molar-refractivity contribution is -0.384. The molecule has 0 unspecified atom stereocenters. The Balaban J connectivity index is 1.18. The zero-order valence-electron chi connectivity index (χ0n) is 18.3. The number of ether oxygens (including phenoxy) is 1. The number of anilines is 1. The molecule has 7 heteroatoms. The molecule has 0 bridgehead atoms. The number of aromatic nitrogens is 2. The first kappa shape index (κ1) is 21.3. The summed E-state index contributed by atoms with van der Waals surface area (Å²) in [7, 11) is 0. The topological polar surface area (TPSA) is 90.2 Å². The number of rotatable bonds is 8. The molecule has 0 fully saturated rings. The van der Waals surface area contributed by atoms with Crippen LogP contribution in [0.15, 0.2) is 91.3 Å². The summed E-state index contributed by atoms with van der Waals surface area (Å²) >= 11 is 0. The molecule has 0 atom stereocenters. The number of hydrogen-bond acceptors (Lipinski definition) is 6.